The van der Waals surface area contributed by atoms with E-state index in [0.29, 0.717) is 0 Å². The van der Waals surface area contributed by atoms with Crippen LogP contribution in [0.25, 0.3) is 87.7 Å². The minimum absolute atomic E-state index is 0.243. The van der Waals surface area contributed by atoms with Gasteiger partial charge < -0.3 is 18.9 Å². The van der Waals surface area contributed by atoms with Crippen molar-refractivity contribution in [3.63, 3.8) is 0 Å². The van der Waals surface area contributed by atoms with E-state index in [1.165, 1.54) is 27.1 Å². The van der Waals surface area contributed by atoms with Crippen LogP contribution in [0.1, 0.15) is 22.9 Å². The molecule has 0 saturated heterocycles. The fraction of sp³-hybridized carbons (Fsp3) is 0.0185. The van der Waals surface area contributed by atoms with Gasteiger partial charge in [0.05, 0.1) is 38.9 Å². The molecule has 13 rings (SSSR count). The molecule has 59 heavy (non-hydrogen) atoms. The van der Waals surface area contributed by atoms with Gasteiger partial charge in [-0.3, -0.25) is 4.99 Å². The van der Waals surface area contributed by atoms with Crippen molar-refractivity contribution in [3.8, 4) is 11.4 Å². The highest BCUT2D eigenvalue weighted by Crippen LogP contribution is 2.46. The predicted molar refractivity (Wildman–Crippen MR) is 245 cm³/mol. The van der Waals surface area contributed by atoms with Crippen LogP contribution < -0.4 is 5.32 Å². The molecule has 0 spiro atoms. The monoisotopic (exact) mass is 754 g/mol. The van der Waals surface area contributed by atoms with Crippen LogP contribution in [0, 0.1) is 0 Å². The van der Waals surface area contributed by atoms with Crippen LogP contribution in [0.15, 0.2) is 204 Å². The standard InChI is InChI=1S/C54H34N4O/c1-2-14-34(15-3-1)51-40-19-6-9-21-43(40)55-54(56-51)35-25-27-36(28-26-35)57-47-31-29-39-38-18-8-11-24-48(38)59-53(39)50(47)42-30-32-46-49(52(42)57)41-20-7-10-22-45(41)58(46)44-23-12-16-33-13-4-5-17-37(33)44/h1-32,54-55H. The van der Waals surface area contributed by atoms with Crippen LogP contribution in [0.2, 0.25) is 0 Å². The molecule has 0 saturated carbocycles. The van der Waals surface area contributed by atoms with Gasteiger partial charge in [0.1, 0.15) is 17.3 Å². The fourth-order valence-corrected chi connectivity index (χ4v) is 9.74. The maximum Gasteiger partial charge on any atom is 0.145 e. The second kappa shape index (κ2) is 12.3. The Balaban J connectivity index is 1.09. The molecule has 0 fully saturated rings. The molecule has 1 aliphatic rings. The van der Waals surface area contributed by atoms with E-state index in [2.05, 4.69) is 203 Å². The normalized spacial score (nSPS) is 14.2. The van der Waals surface area contributed by atoms with Gasteiger partial charge in [-0.25, -0.2) is 0 Å². The summed E-state index contributed by atoms with van der Waals surface area (Å²) in [7, 11) is 0. The fourth-order valence-electron chi connectivity index (χ4n) is 9.74. The first-order valence-corrected chi connectivity index (χ1v) is 20.2. The van der Waals surface area contributed by atoms with Crippen LogP contribution in [-0.2, 0) is 0 Å². The molecule has 276 valence electrons. The average Bonchev–Trinajstić information content (AvgIpc) is 3.96. The Kier molecular flexibility index (Phi) is 6.72. The molecule has 5 nitrogen and oxygen atoms in total. The third-order valence-corrected chi connectivity index (χ3v) is 12.3. The van der Waals surface area contributed by atoms with Crippen molar-refractivity contribution in [3.05, 3.63) is 211 Å². The Morgan fingerprint density at radius 3 is 2.05 bits per heavy atom. The van der Waals surface area contributed by atoms with E-state index in [-0.39, 0.29) is 6.17 Å². The summed E-state index contributed by atoms with van der Waals surface area (Å²) in [4.78, 5) is 5.32. The number of hydrogen-bond acceptors (Lipinski definition) is 3. The Morgan fingerprint density at radius 2 is 1.17 bits per heavy atom. The number of rotatable bonds is 4. The highest BCUT2D eigenvalue weighted by Gasteiger charge is 2.26. The van der Waals surface area contributed by atoms with Crippen LogP contribution in [0.3, 0.4) is 0 Å². The summed E-state index contributed by atoms with van der Waals surface area (Å²) in [5, 5.41) is 13.1. The van der Waals surface area contributed by atoms with E-state index in [1.807, 2.05) is 6.07 Å². The van der Waals surface area contributed by atoms with Crippen molar-refractivity contribution < 1.29 is 4.42 Å². The Hall–Kier alpha value is -7.89. The summed E-state index contributed by atoms with van der Waals surface area (Å²) >= 11 is 0. The van der Waals surface area contributed by atoms with Crippen LogP contribution in [0.4, 0.5) is 5.69 Å². The number of benzene rings is 9. The maximum atomic E-state index is 6.78. The number of para-hydroxylation sites is 3. The summed E-state index contributed by atoms with van der Waals surface area (Å²) in [6.45, 7) is 0. The van der Waals surface area contributed by atoms with Gasteiger partial charge in [0.15, 0.2) is 0 Å². The van der Waals surface area contributed by atoms with Crippen LogP contribution >= 0.6 is 0 Å². The van der Waals surface area contributed by atoms with Crippen molar-refractivity contribution >= 4 is 87.7 Å². The number of hydrogen-bond donors (Lipinski definition) is 1. The van der Waals surface area contributed by atoms with Gasteiger partial charge >= 0.3 is 0 Å². The zero-order valence-electron chi connectivity index (χ0n) is 31.8. The SMILES string of the molecule is c1ccc(C2=NC(c3ccc(-n4c5ccc6c7ccccc7oc6c5c5ccc6c(c7ccccc7n6-c6cccc7ccccc67)c54)cc3)Nc3ccccc32)cc1. The summed E-state index contributed by atoms with van der Waals surface area (Å²) in [6.07, 6.45) is -0.243. The van der Waals surface area contributed by atoms with Gasteiger partial charge in [-0.15, -0.1) is 0 Å². The number of aromatic nitrogens is 2. The Labute approximate surface area is 338 Å². The molecule has 0 aliphatic carbocycles. The number of anilines is 1. The van der Waals surface area contributed by atoms with Gasteiger partial charge in [-0.1, -0.05) is 133 Å². The zero-order chi connectivity index (χ0) is 38.6. The van der Waals surface area contributed by atoms with E-state index in [1.54, 1.807) is 0 Å². The summed E-state index contributed by atoms with van der Waals surface area (Å²) < 4.78 is 11.7. The summed E-state index contributed by atoms with van der Waals surface area (Å²) in [5.41, 5.74) is 14.0. The van der Waals surface area contributed by atoms with E-state index >= 15 is 0 Å². The second-order valence-electron chi connectivity index (χ2n) is 15.5. The lowest BCUT2D eigenvalue weighted by atomic mass is 9.97. The lowest BCUT2D eigenvalue weighted by molar-refractivity contribution is 0.673. The summed E-state index contributed by atoms with van der Waals surface area (Å²) in [6, 6.07) is 69.5. The second-order valence-corrected chi connectivity index (χ2v) is 15.5. The van der Waals surface area contributed by atoms with E-state index in [9.17, 15) is 0 Å². The molecule has 12 aromatic rings. The molecule has 1 unspecified atom stereocenters. The number of nitrogens with one attached hydrogen (secondary N) is 1. The highest BCUT2D eigenvalue weighted by molar-refractivity contribution is 6.31. The molecule has 0 radical (unpaired) electrons. The van der Waals surface area contributed by atoms with Gasteiger partial charge in [0.2, 0.25) is 0 Å². The van der Waals surface area contributed by atoms with Gasteiger partial charge in [-0.2, -0.15) is 0 Å². The minimum Gasteiger partial charge on any atom is -0.455 e. The lowest BCUT2D eigenvalue weighted by Gasteiger charge is -2.26. The van der Waals surface area contributed by atoms with Crippen molar-refractivity contribution in [2.24, 2.45) is 4.99 Å². The zero-order valence-corrected chi connectivity index (χ0v) is 31.8. The first-order valence-electron chi connectivity index (χ1n) is 20.2. The number of furan rings is 1. The van der Waals surface area contributed by atoms with Gasteiger partial charge in [-0.05, 0) is 71.6 Å². The van der Waals surface area contributed by atoms with Crippen molar-refractivity contribution in [1.29, 1.82) is 0 Å². The third-order valence-electron chi connectivity index (χ3n) is 12.3. The molecule has 1 N–H and O–H groups in total. The maximum absolute atomic E-state index is 6.78. The Morgan fingerprint density at radius 1 is 0.475 bits per heavy atom. The molecule has 0 amide bonds. The topological polar surface area (TPSA) is 47.4 Å². The van der Waals surface area contributed by atoms with E-state index < -0.39 is 0 Å². The van der Waals surface area contributed by atoms with Crippen LogP contribution in [-0.4, -0.2) is 14.8 Å². The van der Waals surface area contributed by atoms with E-state index in [0.717, 1.165) is 88.7 Å². The lowest BCUT2D eigenvalue weighted by Crippen LogP contribution is -2.20. The molecular formula is C54H34N4O. The first-order chi connectivity index (χ1) is 29.3. The van der Waals surface area contributed by atoms with Gasteiger partial charge in [0.25, 0.3) is 0 Å². The van der Waals surface area contributed by atoms with Crippen molar-refractivity contribution in [2.75, 3.05) is 5.32 Å². The molecule has 3 aromatic heterocycles. The van der Waals surface area contributed by atoms with Crippen LogP contribution in [0.5, 0.6) is 0 Å². The molecule has 1 atom stereocenters. The molecular weight excluding hydrogens is 721 g/mol. The molecule has 5 heteroatoms. The smallest absolute Gasteiger partial charge is 0.145 e. The van der Waals surface area contributed by atoms with Crippen molar-refractivity contribution in [2.45, 2.75) is 6.17 Å². The first kappa shape index (κ1) is 32.2. The van der Waals surface area contributed by atoms with Gasteiger partial charge in [0, 0.05) is 54.8 Å². The summed E-state index contributed by atoms with van der Waals surface area (Å²) in [5.74, 6) is 0. The number of nitrogens with zero attached hydrogens (tertiary/aromatic N) is 3. The minimum atomic E-state index is -0.243. The number of fused-ring (bicyclic) bond motifs is 13. The van der Waals surface area contributed by atoms with E-state index in [4.69, 9.17) is 9.41 Å². The molecule has 0 bridgehead atoms. The predicted octanol–water partition coefficient (Wildman–Crippen LogP) is 13.9. The largest absolute Gasteiger partial charge is 0.455 e. The number of aliphatic imine (C=N–C) groups is 1. The van der Waals surface area contributed by atoms with Crippen molar-refractivity contribution in [1.82, 2.24) is 9.13 Å². The molecule has 1 aliphatic heterocycles. The molecule has 4 heterocycles. The quantitative estimate of drug-likeness (QED) is 0.194. The highest BCUT2D eigenvalue weighted by atomic mass is 16.3. The average molecular weight is 755 g/mol. The third kappa shape index (κ3) is 4.64. The Bertz CT molecular complexity index is 3690. The molecule has 9 aromatic carbocycles.